The van der Waals surface area contributed by atoms with Crippen LogP contribution in [0.5, 0.6) is 0 Å². The van der Waals surface area contributed by atoms with Crippen LogP contribution in [0.4, 0.5) is 0 Å². The van der Waals surface area contributed by atoms with Crippen LogP contribution in [-0.4, -0.2) is 50.6 Å². The van der Waals surface area contributed by atoms with Gasteiger partial charge in [-0.2, -0.15) is 0 Å². The van der Waals surface area contributed by atoms with Crippen LogP contribution < -0.4 is 5.32 Å². The van der Waals surface area contributed by atoms with Gasteiger partial charge in [-0.3, -0.25) is 14.4 Å². The first-order chi connectivity index (χ1) is 27.9. The molecule has 7 rings (SSSR count). The van der Waals surface area contributed by atoms with E-state index in [9.17, 15) is 14.4 Å². The van der Waals surface area contributed by atoms with Gasteiger partial charge in [-0.25, -0.2) is 9.97 Å². The average Bonchev–Trinajstić information content (AvgIpc) is 4.05. The monoisotopic (exact) mass is 795 g/mol. The number of rotatable bonds is 16. The van der Waals surface area contributed by atoms with E-state index in [1.165, 1.54) is 0 Å². The maximum absolute atomic E-state index is 14.0. The van der Waals surface area contributed by atoms with Crippen LogP contribution in [0.3, 0.4) is 0 Å². The molecule has 1 saturated heterocycles. The normalized spacial score (nSPS) is 14.4. The fourth-order valence-electron chi connectivity index (χ4n) is 7.33. The molecule has 57 heavy (non-hydrogen) atoms. The summed E-state index contributed by atoms with van der Waals surface area (Å²) in [6.45, 7) is 5.82. The fraction of sp³-hybridized carbons (Fsp3) is 0.298. The molecule has 0 spiro atoms. The van der Waals surface area contributed by atoms with Crippen LogP contribution in [0.2, 0.25) is 0 Å². The van der Waals surface area contributed by atoms with Gasteiger partial charge in [0, 0.05) is 31.9 Å². The van der Waals surface area contributed by atoms with Crippen molar-refractivity contribution in [1.82, 2.24) is 25.1 Å². The molecule has 0 bridgehead atoms. The standard InChI is InChI=1S/C47H49N5O3S2/c1-3-5-18-42(53)50-45(38-15-10-7-11-16-38)47(55)51(27-4-2)32-43-48-30-40(56-43)36-23-19-34(20-24-36)35-21-25-37(26-22-35)41-31-49-46(57-41)39-17-12-28-52(39)44(54)29-33-13-8-6-9-14-33/h6-11,13-16,19-26,30-31,39,45H,3-5,12,17-18,27-29,32H2,1-2H3,(H,50,53)/t39-,45-/m0/s1. The molecule has 0 saturated carbocycles. The minimum atomic E-state index is -0.743. The van der Waals surface area contributed by atoms with Crippen molar-refractivity contribution in [2.45, 2.75) is 77.4 Å². The van der Waals surface area contributed by atoms with E-state index < -0.39 is 6.04 Å². The highest BCUT2D eigenvalue weighted by atomic mass is 32.1. The summed E-state index contributed by atoms with van der Waals surface area (Å²) in [6, 6.07) is 35.8. The van der Waals surface area contributed by atoms with Gasteiger partial charge in [-0.1, -0.05) is 129 Å². The van der Waals surface area contributed by atoms with Gasteiger partial charge in [0.15, 0.2) is 0 Å². The Morgan fingerprint density at radius 2 is 1.39 bits per heavy atom. The summed E-state index contributed by atoms with van der Waals surface area (Å²) in [6.07, 6.45) is 9.06. The molecule has 1 N–H and O–H groups in total. The number of nitrogens with zero attached hydrogens (tertiary/aromatic N) is 4. The maximum atomic E-state index is 14.0. The Kier molecular flexibility index (Phi) is 13.3. The number of aromatic nitrogens is 2. The molecule has 2 aromatic heterocycles. The second-order valence-corrected chi connectivity index (χ2v) is 16.7. The van der Waals surface area contributed by atoms with Crippen molar-refractivity contribution >= 4 is 40.4 Å². The Hall–Kier alpha value is -5.45. The SMILES string of the molecule is CCCCC(=O)N[C@H](C(=O)N(CCC)Cc1ncc(-c2ccc(-c3ccc(-c4cnc([C@@H]5CCCN5C(=O)Cc5ccccc5)s4)cc3)cc2)s1)c1ccccc1. The van der Waals surface area contributed by atoms with Gasteiger partial charge < -0.3 is 15.1 Å². The van der Waals surface area contributed by atoms with Crippen molar-refractivity contribution in [3.8, 4) is 32.0 Å². The quantitative estimate of drug-likeness (QED) is 0.105. The van der Waals surface area contributed by atoms with E-state index in [1.54, 1.807) is 22.7 Å². The van der Waals surface area contributed by atoms with E-state index in [0.717, 1.165) is 91.8 Å². The molecule has 0 unspecified atom stereocenters. The molecule has 1 fully saturated rings. The number of carbonyl (C=O) groups excluding carboxylic acids is 3. The van der Waals surface area contributed by atoms with E-state index in [0.29, 0.717) is 25.9 Å². The van der Waals surface area contributed by atoms with Crippen LogP contribution in [0, 0.1) is 0 Å². The Morgan fingerprint density at radius 1 is 0.772 bits per heavy atom. The van der Waals surface area contributed by atoms with Crippen molar-refractivity contribution in [3.05, 3.63) is 143 Å². The molecule has 10 heteroatoms. The summed E-state index contributed by atoms with van der Waals surface area (Å²) in [5.74, 6) is -0.0708. The molecule has 0 radical (unpaired) electrons. The van der Waals surface area contributed by atoms with Gasteiger partial charge in [-0.15, -0.1) is 22.7 Å². The Balaban J connectivity index is 0.987. The Bertz CT molecular complexity index is 2240. The summed E-state index contributed by atoms with van der Waals surface area (Å²) >= 11 is 3.26. The molecular weight excluding hydrogens is 747 g/mol. The van der Waals surface area contributed by atoms with Crippen LogP contribution in [-0.2, 0) is 27.3 Å². The largest absolute Gasteiger partial charge is 0.341 e. The minimum Gasteiger partial charge on any atom is -0.341 e. The van der Waals surface area contributed by atoms with Gasteiger partial charge in [-0.05, 0) is 59.1 Å². The third-order valence-corrected chi connectivity index (χ3v) is 12.6. The fourth-order valence-corrected chi connectivity index (χ4v) is 9.34. The molecule has 4 aromatic carbocycles. The van der Waals surface area contributed by atoms with Crippen LogP contribution in [0.1, 0.15) is 85.6 Å². The summed E-state index contributed by atoms with van der Waals surface area (Å²) in [4.78, 5) is 55.5. The first kappa shape index (κ1) is 39.8. The number of nitrogens with one attached hydrogen (secondary N) is 1. The van der Waals surface area contributed by atoms with Crippen molar-refractivity contribution in [2.75, 3.05) is 13.1 Å². The Morgan fingerprint density at radius 3 is 2.04 bits per heavy atom. The van der Waals surface area contributed by atoms with Crippen molar-refractivity contribution in [3.63, 3.8) is 0 Å². The zero-order valence-electron chi connectivity index (χ0n) is 32.6. The van der Waals surface area contributed by atoms with E-state index >= 15 is 0 Å². The van der Waals surface area contributed by atoms with Crippen LogP contribution >= 0.6 is 22.7 Å². The molecule has 1 aliphatic rings. The highest BCUT2D eigenvalue weighted by Crippen LogP contribution is 2.38. The molecule has 8 nitrogen and oxygen atoms in total. The van der Waals surface area contributed by atoms with Crippen molar-refractivity contribution in [1.29, 1.82) is 0 Å². The predicted octanol–water partition coefficient (Wildman–Crippen LogP) is 10.3. The third-order valence-electron chi connectivity index (χ3n) is 10.4. The highest BCUT2D eigenvalue weighted by molar-refractivity contribution is 7.15. The zero-order chi connectivity index (χ0) is 39.6. The molecular formula is C47H49N5O3S2. The number of hydrogen-bond acceptors (Lipinski definition) is 7. The average molecular weight is 796 g/mol. The first-order valence-electron chi connectivity index (χ1n) is 20.0. The zero-order valence-corrected chi connectivity index (χ0v) is 34.2. The smallest absolute Gasteiger partial charge is 0.250 e. The molecule has 1 aliphatic heterocycles. The number of hydrogen-bond donors (Lipinski definition) is 1. The molecule has 0 aliphatic carbocycles. The van der Waals surface area contributed by atoms with Gasteiger partial charge in [0.25, 0.3) is 0 Å². The number of likely N-dealkylation sites (tertiary alicyclic amines) is 1. The van der Waals surface area contributed by atoms with Gasteiger partial charge in [0.1, 0.15) is 16.1 Å². The Labute approximate surface area is 343 Å². The summed E-state index contributed by atoms with van der Waals surface area (Å²) in [7, 11) is 0. The van der Waals surface area contributed by atoms with Crippen LogP contribution in [0.15, 0.2) is 122 Å². The third kappa shape index (κ3) is 9.93. The number of amides is 3. The number of unbranched alkanes of at least 4 members (excludes halogenated alkanes) is 1. The minimum absolute atomic E-state index is 0.0338. The lowest BCUT2D eigenvalue weighted by Gasteiger charge is -2.27. The van der Waals surface area contributed by atoms with E-state index in [2.05, 4.69) is 67.7 Å². The lowest BCUT2D eigenvalue weighted by molar-refractivity contribution is -0.137. The second-order valence-electron chi connectivity index (χ2n) is 14.5. The molecule has 2 atom stereocenters. The number of carbonyl (C=O) groups is 3. The summed E-state index contributed by atoms with van der Waals surface area (Å²) < 4.78 is 0. The molecule has 3 amide bonds. The van der Waals surface area contributed by atoms with Gasteiger partial charge in [0.05, 0.1) is 28.8 Å². The van der Waals surface area contributed by atoms with Crippen molar-refractivity contribution in [2.24, 2.45) is 0 Å². The summed E-state index contributed by atoms with van der Waals surface area (Å²) in [5, 5.41) is 4.87. The highest BCUT2D eigenvalue weighted by Gasteiger charge is 2.32. The molecule has 3 heterocycles. The van der Waals surface area contributed by atoms with Crippen molar-refractivity contribution < 1.29 is 14.4 Å². The lowest BCUT2D eigenvalue weighted by Crippen LogP contribution is -2.43. The maximum Gasteiger partial charge on any atom is 0.250 e. The van der Waals surface area contributed by atoms with Crippen LogP contribution in [0.25, 0.3) is 32.0 Å². The van der Waals surface area contributed by atoms with E-state index in [4.69, 9.17) is 9.97 Å². The van der Waals surface area contributed by atoms with E-state index in [1.807, 2.05) is 82.9 Å². The number of benzene rings is 4. The van der Waals surface area contributed by atoms with E-state index in [-0.39, 0.29) is 23.8 Å². The first-order valence-corrected chi connectivity index (χ1v) is 21.6. The topological polar surface area (TPSA) is 95.5 Å². The predicted molar refractivity (Wildman–Crippen MR) is 230 cm³/mol. The molecule has 292 valence electrons. The van der Waals surface area contributed by atoms with Gasteiger partial charge >= 0.3 is 0 Å². The summed E-state index contributed by atoms with van der Waals surface area (Å²) in [5.41, 5.74) is 6.24. The number of thiazole rings is 2. The molecule has 6 aromatic rings. The second kappa shape index (κ2) is 19.1. The van der Waals surface area contributed by atoms with Gasteiger partial charge in [0.2, 0.25) is 17.7 Å². The lowest BCUT2D eigenvalue weighted by atomic mass is 10.0.